The van der Waals surface area contributed by atoms with E-state index in [1.807, 2.05) is 0 Å². The molecule has 0 aliphatic rings. The number of nitrogens with two attached hydrogens (primary N) is 1. The molecule has 0 bridgehead atoms. The Morgan fingerprint density at radius 1 is 1.57 bits per heavy atom. The van der Waals surface area contributed by atoms with Gasteiger partial charge in [-0.05, 0) is 0 Å². The summed E-state index contributed by atoms with van der Waals surface area (Å²) >= 11 is 0. The zero-order chi connectivity index (χ0) is 6.08. The Bertz CT molecular complexity index is 134. The average Bonchev–Trinajstić information content (AvgIpc) is 1.31. The molecule has 0 aromatic heterocycles. The lowest BCUT2D eigenvalue weighted by molar-refractivity contribution is 0.241. The molecular weight excluding hydrogens is 122 g/mol. The maximum atomic E-state index is 9.51. The Hall–Kier alpha value is -0.170. The molecule has 0 aromatic carbocycles. The van der Waals surface area contributed by atoms with Crippen molar-refractivity contribution < 1.29 is 18.1 Å². The molecule has 5 nitrogen and oxygen atoms in total. The lowest BCUT2D eigenvalue weighted by Gasteiger charge is -1.94. The molecule has 7 heavy (non-hydrogen) atoms. The van der Waals surface area contributed by atoms with Crippen molar-refractivity contribution in [3.8, 4) is 0 Å². The van der Waals surface area contributed by atoms with Crippen molar-refractivity contribution in [2.24, 2.45) is 5.73 Å². The van der Waals surface area contributed by atoms with Crippen molar-refractivity contribution in [3.63, 3.8) is 0 Å². The summed E-state index contributed by atoms with van der Waals surface area (Å²) < 4.78 is 26.7. The van der Waals surface area contributed by atoms with Gasteiger partial charge in [0.1, 0.15) is 0 Å². The first-order chi connectivity index (χ1) is 2.94. The molecular formula is CH5NO4S. The first-order valence-electron chi connectivity index (χ1n) is 1.34. The van der Waals surface area contributed by atoms with Crippen LogP contribution in [0.5, 0.6) is 0 Å². The van der Waals surface area contributed by atoms with Crippen LogP contribution >= 0.6 is 0 Å². The van der Waals surface area contributed by atoms with E-state index in [4.69, 9.17) is 9.66 Å². The van der Waals surface area contributed by atoms with Crippen molar-refractivity contribution >= 4 is 10.1 Å². The summed E-state index contributed by atoms with van der Waals surface area (Å²) in [4.78, 5) is 0. The van der Waals surface area contributed by atoms with E-state index in [1.165, 1.54) is 0 Å². The Labute approximate surface area is 40.5 Å². The van der Waals surface area contributed by atoms with Crippen LogP contribution in [0.3, 0.4) is 0 Å². The van der Waals surface area contributed by atoms with Crippen LogP contribution in [0.15, 0.2) is 0 Å². The van der Waals surface area contributed by atoms with Gasteiger partial charge in [0.05, 0.1) is 0 Å². The van der Waals surface area contributed by atoms with E-state index in [9.17, 15) is 8.42 Å². The van der Waals surface area contributed by atoms with E-state index in [0.29, 0.717) is 0 Å². The van der Waals surface area contributed by atoms with Crippen LogP contribution < -0.4 is 5.73 Å². The van der Waals surface area contributed by atoms with Gasteiger partial charge in [0.15, 0.2) is 0 Å². The quantitative estimate of drug-likeness (QED) is 0.282. The molecule has 0 aliphatic carbocycles. The van der Waals surface area contributed by atoms with E-state index >= 15 is 0 Å². The van der Waals surface area contributed by atoms with E-state index < -0.39 is 15.7 Å². The molecule has 0 aliphatic heterocycles. The van der Waals surface area contributed by atoms with Crippen LogP contribution in [0.4, 0.5) is 0 Å². The zero-order valence-corrected chi connectivity index (χ0v) is 4.09. The molecule has 1 atom stereocenters. The minimum absolute atomic E-state index is 2.17. The van der Waals surface area contributed by atoms with Gasteiger partial charge in [0, 0.05) is 0 Å². The van der Waals surface area contributed by atoms with Gasteiger partial charge < -0.3 is 5.11 Å². The Balaban J connectivity index is 4.10. The summed E-state index contributed by atoms with van der Waals surface area (Å²) in [7, 11) is -4.41. The lowest BCUT2D eigenvalue weighted by Crippen LogP contribution is -2.28. The highest BCUT2D eigenvalue weighted by molar-refractivity contribution is 7.86. The number of rotatable bonds is 1. The van der Waals surface area contributed by atoms with Gasteiger partial charge in [0.25, 0.3) is 0 Å². The monoisotopic (exact) mass is 127 g/mol. The van der Waals surface area contributed by atoms with E-state index in [1.54, 1.807) is 0 Å². The molecule has 0 saturated carbocycles. The van der Waals surface area contributed by atoms with Crippen molar-refractivity contribution in [3.05, 3.63) is 0 Å². The Morgan fingerprint density at radius 3 is 1.71 bits per heavy atom. The minimum atomic E-state index is -4.41. The van der Waals surface area contributed by atoms with Crippen LogP contribution in [-0.2, 0) is 10.1 Å². The number of aliphatic hydroxyl groups excluding tert-OH is 1. The number of hydrogen-bond donors (Lipinski definition) is 3. The van der Waals surface area contributed by atoms with Gasteiger partial charge in [-0.3, -0.25) is 10.3 Å². The molecule has 44 valence electrons. The van der Waals surface area contributed by atoms with Gasteiger partial charge in [-0.25, -0.2) is 0 Å². The first kappa shape index (κ1) is 6.83. The van der Waals surface area contributed by atoms with Crippen molar-refractivity contribution in [2.45, 2.75) is 5.56 Å². The SMILES string of the molecule is NC(O)S(=O)(=O)O. The van der Waals surface area contributed by atoms with E-state index in [0.717, 1.165) is 0 Å². The predicted molar refractivity (Wildman–Crippen MR) is 21.7 cm³/mol. The third kappa shape index (κ3) is 2.52. The predicted octanol–water partition coefficient (Wildman–Crippen LogP) is -1.89. The normalized spacial score (nSPS) is 16.4. The number of hydrogen-bond acceptors (Lipinski definition) is 4. The van der Waals surface area contributed by atoms with Crippen LogP contribution in [0.1, 0.15) is 0 Å². The maximum absolute atomic E-state index is 9.51. The summed E-state index contributed by atoms with van der Waals surface area (Å²) in [5.74, 6) is 0. The Morgan fingerprint density at radius 2 is 1.71 bits per heavy atom. The fraction of sp³-hybridized carbons (Fsp3) is 1.00. The van der Waals surface area contributed by atoms with Gasteiger partial charge in [-0.2, -0.15) is 8.42 Å². The highest BCUT2D eigenvalue weighted by Gasteiger charge is 2.11. The van der Waals surface area contributed by atoms with Crippen molar-refractivity contribution in [2.75, 3.05) is 0 Å². The summed E-state index contributed by atoms with van der Waals surface area (Å²) in [6.07, 6.45) is 0. The fourth-order valence-electron chi connectivity index (χ4n) is 0. The van der Waals surface area contributed by atoms with Crippen LogP contribution in [0.2, 0.25) is 0 Å². The summed E-state index contributed by atoms with van der Waals surface area (Å²) in [6, 6.07) is 0. The molecule has 0 aromatic rings. The second-order valence-corrected chi connectivity index (χ2v) is 2.42. The summed E-state index contributed by atoms with van der Waals surface area (Å²) in [5.41, 5.74) is 2.11. The molecule has 0 spiro atoms. The molecule has 0 fully saturated rings. The maximum Gasteiger partial charge on any atom is 0.306 e. The lowest BCUT2D eigenvalue weighted by atomic mass is 11.4. The molecule has 6 heteroatoms. The number of aliphatic hydroxyl groups is 1. The molecule has 0 amide bonds. The van der Waals surface area contributed by atoms with Gasteiger partial charge in [0.2, 0.25) is 5.56 Å². The second kappa shape index (κ2) is 1.74. The fourth-order valence-corrected chi connectivity index (χ4v) is 0. The van der Waals surface area contributed by atoms with Gasteiger partial charge in [-0.1, -0.05) is 0 Å². The Kier molecular flexibility index (Phi) is 1.70. The largest absolute Gasteiger partial charge is 0.364 e. The van der Waals surface area contributed by atoms with E-state index in [2.05, 4.69) is 5.73 Å². The van der Waals surface area contributed by atoms with Crippen LogP contribution in [0, 0.1) is 0 Å². The highest BCUT2D eigenvalue weighted by atomic mass is 32.2. The molecule has 0 rings (SSSR count). The summed E-state index contributed by atoms with van der Waals surface area (Å²) in [5, 5.41) is 7.83. The second-order valence-electron chi connectivity index (χ2n) is 0.906. The smallest absolute Gasteiger partial charge is 0.306 e. The zero-order valence-electron chi connectivity index (χ0n) is 3.27. The summed E-state index contributed by atoms with van der Waals surface area (Å²) in [6.45, 7) is 0. The molecule has 0 radical (unpaired) electrons. The standard InChI is InChI=1S/CH5NO4S/c2-1(3)7(4,5)6/h1,3H,2H2,(H,4,5,6). The molecule has 4 N–H and O–H groups in total. The van der Waals surface area contributed by atoms with Gasteiger partial charge in [-0.15, -0.1) is 0 Å². The molecule has 0 saturated heterocycles. The molecule has 1 unspecified atom stereocenters. The third-order valence-corrected chi connectivity index (χ3v) is 0.916. The first-order valence-corrected chi connectivity index (χ1v) is 2.85. The van der Waals surface area contributed by atoms with Crippen LogP contribution in [-0.4, -0.2) is 23.6 Å². The third-order valence-electron chi connectivity index (χ3n) is 0.305. The average molecular weight is 127 g/mol. The highest BCUT2D eigenvalue weighted by Crippen LogP contribution is 1.80. The van der Waals surface area contributed by atoms with Crippen LogP contribution in [0.25, 0.3) is 0 Å². The minimum Gasteiger partial charge on any atom is -0.364 e. The van der Waals surface area contributed by atoms with E-state index in [-0.39, 0.29) is 0 Å². The van der Waals surface area contributed by atoms with Crippen molar-refractivity contribution in [1.29, 1.82) is 0 Å². The van der Waals surface area contributed by atoms with Crippen molar-refractivity contribution in [1.82, 2.24) is 0 Å². The topological polar surface area (TPSA) is 101 Å². The molecule has 0 heterocycles. The van der Waals surface area contributed by atoms with Gasteiger partial charge >= 0.3 is 10.1 Å².